The maximum Gasteiger partial charge on any atom is 0.270 e. The van der Waals surface area contributed by atoms with Crippen molar-refractivity contribution in [2.45, 2.75) is 4.34 Å². The van der Waals surface area contributed by atoms with E-state index < -0.39 is 4.92 Å². The maximum absolute atomic E-state index is 11.0. The molecular formula is C20H10ClN3O3S2. The van der Waals surface area contributed by atoms with Gasteiger partial charge < -0.3 is 4.42 Å². The summed E-state index contributed by atoms with van der Waals surface area (Å²) < 4.78 is 7.56. The van der Waals surface area contributed by atoms with Crippen molar-refractivity contribution in [2.75, 3.05) is 0 Å². The number of benzene rings is 2. The molecule has 2 aromatic carbocycles. The molecule has 0 saturated carbocycles. The molecule has 0 bridgehead atoms. The van der Waals surface area contributed by atoms with Gasteiger partial charge in [-0.1, -0.05) is 23.7 Å². The lowest BCUT2D eigenvalue weighted by atomic mass is 10.1. The molecule has 0 aliphatic rings. The molecule has 0 radical (unpaired) electrons. The zero-order chi connectivity index (χ0) is 20.4. The molecular weight excluding hydrogens is 430 g/mol. The van der Waals surface area contributed by atoms with Crippen LogP contribution in [0.3, 0.4) is 0 Å². The van der Waals surface area contributed by atoms with Crippen LogP contribution in [0.1, 0.15) is 5.76 Å². The number of non-ortho nitro benzene ring substituents is 1. The predicted octanol–water partition coefficient (Wildman–Crippen LogP) is 6.77. The Balaban J connectivity index is 1.61. The second-order valence-electron chi connectivity index (χ2n) is 5.79. The molecule has 0 saturated heterocycles. The Kier molecular flexibility index (Phi) is 5.36. The second kappa shape index (κ2) is 8.09. The third kappa shape index (κ3) is 4.17. The third-order valence-corrected chi connectivity index (χ3v) is 6.26. The first-order valence-corrected chi connectivity index (χ1v) is 10.2. The standard InChI is InChI=1S/C20H10ClN3O3S2/c21-16-7-5-12(24(25)26)9-15(16)18-8-6-13(27-18)10-14(11-22)28-20-23-17-3-1-2-4-19(17)29-20/h1-10H/b14-10+. The van der Waals surface area contributed by atoms with Gasteiger partial charge in [0, 0.05) is 23.8 Å². The number of nitriles is 1. The number of hydrogen-bond donors (Lipinski definition) is 0. The summed E-state index contributed by atoms with van der Waals surface area (Å²) in [5, 5.41) is 20.8. The van der Waals surface area contributed by atoms with Crippen molar-refractivity contribution in [3.8, 4) is 17.4 Å². The fraction of sp³-hybridized carbons (Fsp3) is 0. The van der Waals surface area contributed by atoms with Gasteiger partial charge in [0.25, 0.3) is 5.69 Å². The third-order valence-electron chi connectivity index (χ3n) is 3.91. The van der Waals surface area contributed by atoms with E-state index in [-0.39, 0.29) is 5.69 Å². The van der Waals surface area contributed by atoms with Crippen molar-refractivity contribution in [3.05, 3.63) is 80.4 Å². The number of thioether (sulfide) groups is 1. The van der Waals surface area contributed by atoms with Crippen molar-refractivity contribution < 1.29 is 9.34 Å². The van der Waals surface area contributed by atoms with Crippen LogP contribution in [0.25, 0.3) is 27.6 Å². The highest BCUT2D eigenvalue weighted by molar-refractivity contribution is 8.05. The number of furan rings is 1. The van der Waals surface area contributed by atoms with Gasteiger partial charge in [-0.15, -0.1) is 11.3 Å². The first-order valence-electron chi connectivity index (χ1n) is 8.23. The second-order valence-corrected chi connectivity index (χ2v) is 8.52. The topological polar surface area (TPSA) is 93.0 Å². The minimum absolute atomic E-state index is 0.0815. The summed E-state index contributed by atoms with van der Waals surface area (Å²) in [5.74, 6) is 0.819. The molecule has 2 heterocycles. The highest BCUT2D eigenvalue weighted by Gasteiger charge is 2.15. The van der Waals surface area contributed by atoms with E-state index in [1.165, 1.54) is 41.3 Å². The Labute approximate surface area is 178 Å². The predicted molar refractivity (Wildman–Crippen MR) is 115 cm³/mol. The lowest BCUT2D eigenvalue weighted by Crippen LogP contribution is -1.88. The van der Waals surface area contributed by atoms with Crippen molar-refractivity contribution in [3.63, 3.8) is 0 Å². The fourth-order valence-electron chi connectivity index (χ4n) is 2.59. The van der Waals surface area contributed by atoms with Crippen molar-refractivity contribution in [2.24, 2.45) is 0 Å². The van der Waals surface area contributed by atoms with E-state index in [0.717, 1.165) is 14.6 Å². The largest absolute Gasteiger partial charge is 0.457 e. The van der Waals surface area contributed by atoms with E-state index >= 15 is 0 Å². The lowest BCUT2D eigenvalue weighted by Gasteiger charge is -2.00. The van der Waals surface area contributed by atoms with E-state index in [1.54, 1.807) is 18.2 Å². The number of rotatable bonds is 5. The number of fused-ring (bicyclic) bond motifs is 1. The Morgan fingerprint density at radius 3 is 2.86 bits per heavy atom. The van der Waals surface area contributed by atoms with E-state index in [1.807, 2.05) is 24.3 Å². The monoisotopic (exact) mass is 439 g/mol. The first kappa shape index (κ1) is 19.2. The maximum atomic E-state index is 11.0. The van der Waals surface area contributed by atoms with Gasteiger partial charge in [-0.3, -0.25) is 10.1 Å². The van der Waals surface area contributed by atoms with Gasteiger partial charge in [0.05, 0.1) is 25.1 Å². The molecule has 0 atom stereocenters. The quantitative estimate of drug-likeness (QED) is 0.147. The lowest BCUT2D eigenvalue weighted by molar-refractivity contribution is -0.384. The molecule has 9 heteroatoms. The number of thiazole rings is 1. The van der Waals surface area contributed by atoms with Crippen LogP contribution in [0, 0.1) is 21.4 Å². The number of halogens is 1. The summed E-state index contributed by atoms with van der Waals surface area (Å²) in [6, 6.07) is 17.4. The van der Waals surface area contributed by atoms with Gasteiger partial charge in [-0.2, -0.15) is 5.26 Å². The van der Waals surface area contributed by atoms with E-state index in [9.17, 15) is 15.4 Å². The zero-order valence-electron chi connectivity index (χ0n) is 14.5. The molecule has 0 spiro atoms. The smallest absolute Gasteiger partial charge is 0.270 e. The number of nitrogens with zero attached hydrogens (tertiary/aromatic N) is 3. The first-order chi connectivity index (χ1) is 14.0. The van der Waals surface area contributed by atoms with Crippen LogP contribution < -0.4 is 0 Å². The van der Waals surface area contributed by atoms with E-state index in [0.29, 0.717) is 27.0 Å². The van der Waals surface area contributed by atoms with Crippen LogP contribution in [0.15, 0.2) is 68.3 Å². The van der Waals surface area contributed by atoms with Crippen LogP contribution in [0.4, 0.5) is 5.69 Å². The fourth-order valence-corrected chi connectivity index (χ4v) is 4.76. The summed E-state index contributed by atoms with van der Waals surface area (Å²) in [6.45, 7) is 0. The molecule has 142 valence electrons. The van der Waals surface area contributed by atoms with Crippen molar-refractivity contribution >= 4 is 56.7 Å². The molecule has 4 aromatic rings. The van der Waals surface area contributed by atoms with Gasteiger partial charge in [0.1, 0.15) is 17.6 Å². The summed E-state index contributed by atoms with van der Waals surface area (Å²) in [6.07, 6.45) is 1.60. The van der Waals surface area contributed by atoms with Crippen molar-refractivity contribution in [1.29, 1.82) is 5.26 Å². The van der Waals surface area contributed by atoms with Crippen LogP contribution >= 0.6 is 34.7 Å². The van der Waals surface area contributed by atoms with E-state index in [2.05, 4.69) is 11.1 Å². The Bertz CT molecular complexity index is 1270. The van der Waals surface area contributed by atoms with Gasteiger partial charge in [-0.05, 0) is 42.1 Å². The number of nitro benzene ring substituents is 1. The molecule has 29 heavy (non-hydrogen) atoms. The number of allylic oxidation sites excluding steroid dienone is 1. The summed E-state index contributed by atoms with van der Waals surface area (Å²) >= 11 is 8.93. The van der Waals surface area contributed by atoms with Gasteiger partial charge in [-0.25, -0.2) is 4.98 Å². The van der Waals surface area contributed by atoms with Gasteiger partial charge >= 0.3 is 0 Å². The average molecular weight is 440 g/mol. The average Bonchev–Trinajstić information content (AvgIpc) is 3.34. The molecule has 0 unspecified atom stereocenters. The number of para-hydroxylation sites is 1. The van der Waals surface area contributed by atoms with Gasteiger partial charge in [0.2, 0.25) is 0 Å². The summed E-state index contributed by atoms with van der Waals surface area (Å²) in [4.78, 5) is 15.4. The molecule has 0 fully saturated rings. The van der Waals surface area contributed by atoms with Crippen LogP contribution in [0.2, 0.25) is 5.02 Å². The van der Waals surface area contributed by atoms with Crippen LogP contribution in [-0.4, -0.2) is 9.91 Å². The molecule has 4 rings (SSSR count). The molecule has 0 aliphatic carbocycles. The van der Waals surface area contributed by atoms with Crippen LogP contribution in [0.5, 0.6) is 0 Å². The number of hydrogen-bond acceptors (Lipinski definition) is 7. The summed E-state index contributed by atoms with van der Waals surface area (Å²) in [7, 11) is 0. The highest BCUT2D eigenvalue weighted by Crippen LogP contribution is 2.36. The van der Waals surface area contributed by atoms with E-state index in [4.69, 9.17) is 16.0 Å². The highest BCUT2D eigenvalue weighted by atomic mass is 35.5. The molecule has 6 nitrogen and oxygen atoms in total. The number of aromatic nitrogens is 1. The normalized spacial score (nSPS) is 11.5. The zero-order valence-corrected chi connectivity index (χ0v) is 16.9. The molecule has 0 aliphatic heterocycles. The minimum Gasteiger partial charge on any atom is -0.457 e. The molecule has 0 amide bonds. The number of nitro groups is 1. The minimum atomic E-state index is -0.494. The summed E-state index contributed by atoms with van der Waals surface area (Å²) in [5.41, 5.74) is 1.22. The molecule has 2 aromatic heterocycles. The Hall–Kier alpha value is -3.12. The Morgan fingerprint density at radius 2 is 2.10 bits per heavy atom. The molecule has 0 N–H and O–H groups in total. The van der Waals surface area contributed by atoms with Crippen LogP contribution in [-0.2, 0) is 0 Å². The van der Waals surface area contributed by atoms with Crippen molar-refractivity contribution in [1.82, 2.24) is 4.98 Å². The SMILES string of the molecule is N#C/C(=C\c1ccc(-c2cc([N+](=O)[O-])ccc2Cl)o1)Sc1nc2ccccc2s1. The van der Waals surface area contributed by atoms with Gasteiger partial charge in [0.15, 0.2) is 4.34 Å². The Morgan fingerprint density at radius 1 is 1.28 bits per heavy atom.